The number of anilines is 2. The van der Waals surface area contributed by atoms with E-state index in [1.807, 2.05) is 29.2 Å². The number of ether oxygens (including phenoxy) is 2. The second kappa shape index (κ2) is 7.13. The summed E-state index contributed by atoms with van der Waals surface area (Å²) >= 11 is 0. The number of pyridine rings is 1. The summed E-state index contributed by atoms with van der Waals surface area (Å²) in [5.41, 5.74) is 3.91. The lowest BCUT2D eigenvalue weighted by atomic mass is 10.2. The van der Waals surface area contributed by atoms with Crippen LogP contribution in [0.1, 0.15) is 0 Å². The van der Waals surface area contributed by atoms with Gasteiger partial charge in [-0.3, -0.25) is 0 Å². The number of nitrogens with zero attached hydrogens (tertiary/aromatic N) is 6. The van der Waals surface area contributed by atoms with Gasteiger partial charge in [-0.1, -0.05) is 0 Å². The third-order valence-corrected chi connectivity index (χ3v) is 5.11. The Morgan fingerprint density at radius 3 is 2.22 bits per heavy atom. The standard InChI is InChI=1S/C19H22N6O2/c1-2-18(24-7-11-27-12-8-24)20-13-15(1)17-14-21-19-16(3-4-22-25(17)19)23-5-9-26-10-6-23/h1-4,13-14H,5-12H2. The van der Waals surface area contributed by atoms with Crippen LogP contribution in [0.2, 0.25) is 0 Å². The zero-order valence-electron chi connectivity index (χ0n) is 15.1. The number of hydrogen-bond acceptors (Lipinski definition) is 7. The molecule has 27 heavy (non-hydrogen) atoms. The van der Waals surface area contributed by atoms with E-state index in [-0.39, 0.29) is 0 Å². The molecular weight excluding hydrogens is 344 g/mol. The van der Waals surface area contributed by atoms with Crippen molar-refractivity contribution in [3.8, 4) is 11.3 Å². The quantitative estimate of drug-likeness (QED) is 0.695. The zero-order valence-corrected chi connectivity index (χ0v) is 15.1. The highest BCUT2D eigenvalue weighted by Crippen LogP contribution is 2.26. The second-order valence-corrected chi connectivity index (χ2v) is 6.70. The molecule has 2 aliphatic heterocycles. The minimum atomic E-state index is 0.745. The first kappa shape index (κ1) is 16.5. The van der Waals surface area contributed by atoms with Gasteiger partial charge >= 0.3 is 0 Å². The molecule has 3 aromatic rings. The number of fused-ring (bicyclic) bond motifs is 1. The Hall–Kier alpha value is -2.71. The number of imidazole rings is 1. The van der Waals surface area contributed by atoms with Crippen LogP contribution in [0.15, 0.2) is 36.8 Å². The lowest BCUT2D eigenvalue weighted by Crippen LogP contribution is -2.36. The molecule has 2 fully saturated rings. The Kier molecular flexibility index (Phi) is 4.35. The Labute approximate surface area is 157 Å². The largest absolute Gasteiger partial charge is 0.378 e. The van der Waals surface area contributed by atoms with E-state index in [0.717, 1.165) is 81.0 Å². The van der Waals surface area contributed by atoms with Crippen molar-refractivity contribution in [2.75, 3.05) is 62.4 Å². The van der Waals surface area contributed by atoms with Crippen LogP contribution < -0.4 is 9.80 Å². The Balaban J connectivity index is 1.46. The van der Waals surface area contributed by atoms with Gasteiger partial charge in [0.2, 0.25) is 0 Å². The van der Waals surface area contributed by atoms with Crippen molar-refractivity contribution in [1.82, 2.24) is 19.6 Å². The van der Waals surface area contributed by atoms with Crippen LogP contribution in [0.25, 0.3) is 16.9 Å². The highest BCUT2D eigenvalue weighted by Gasteiger charge is 2.18. The van der Waals surface area contributed by atoms with Gasteiger partial charge in [-0.25, -0.2) is 14.5 Å². The first-order valence-corrected chi connectivity index (χ1v) is 9.35. The number of morpholine rings is 2. The monoisotopic (exact) mass is 366 g/mol. The van der Waals surface area contributed by atoms with Crippen LogP contribution in [0, 0.1) is 0 Å². The molecule has 8 heteroatoms. The molecule has 0 atom stereocenters. The Morgan fingerprint density at radius 1 is 0.778 bits per heavy atom. The fourth-order valence-electron chi connectivity index (χ4n) is 3.65. The summed E-state index contributed by atoms with van der Waals surface area (Å²) in [6.45, 7) is 6.51. The molecule has 0 radical (unpaired) electrons. The molecule has 5 heterocycles. The molecule has 0 bridgehead atoms. The molecule has 0 N–H and O–H groups in total. The molecular formula is C19H22N6O2. The summed E-state index contributed by atoms with van der Waals surface area (Å²) < 4.78 is 12.8. The van der Waals surface area contributed by atoms with E-state index in [1.165, 1.54) is 0 Å². The van der Waals surface area contributed by atoms with Gasteiger partial charge in [0.05, 0.1) is 50.2 Å². The minimum Gasteiger partial charge on any atom is -0.378 e. The average molecular weight is 366 g/mol. The molecule has 0 saturated carbocycles. The summed E-state index contributed by atoms with van der Waals surface area (Å²) in [5, 5.41) is 4.53. The topological polar surface area (TPSA) is 68.0 Å². The fraction of sp³-hybridized carbons (Fsp3) is 0.421. The van der Waals surface area contributed by atoms with Gasteiger partial charge in [0, 0.05) is 37.9 Å². The Morgan fingerprint density at radius 2 is 1.52 bits per heavy atom. The molecule has 8 nitrogen and oxygen atoms in total. The predicted molar refractivity (Wildman–Crippen MR) is 102 cm³/mol. The number of aromatic nitrogens is 4. The van der Waals surface area contributed by atoms with Crippen molar-refractivity contribution in [1.29, 1.82) is 0 Å². The van der Waals surface area contributed by atoms with Gasteiger partial charge in [-0.15, -0.1) is 0 Å². The maximum atomic E-state index is 5.46. The molecule has 2 aliphatic rings. The fourth-order valence-corrected chi connectivity index (χ4v) is 3.65. The van der Waals surface area contributed by atoms with Crippen LogP contribution in [-0.4, -0.2) is 72.2 Å². The molecule has 140 valence electrons. The summed E-state index contributed by atoms with van der Waals surface area (Å²) in [6, 6.07) is 6.17. The third-order valence-electron chi connectivity index (χ3n) is 5.11. The van der Waals surface area contributed by atoms with Crippen molar-refractivity contribution in [2.24, 2.45) is 0 Å². The SMILES string of the molecule is c1cc(N2CCOCC2)c2ncc(-c3ccc(N4CCOCC4)nc3)n2n1. The van der Waals surface area contributed by atoms with E-state index >= 15 is 0 Å². The molecule has 3 aromatic heterocycles. The smallest absolute Gasteiger partial charge is 0.177 e. The third kappa shape index (κ3) is 3.11. The van der Waals surface area contributed by atoms with Crippen molar-refractivity contribution in [3.63, 3.8) is 0 Å². The van der Waals surface area contributed by atoms with E-state index < -0.39 is 0 Å². The van der Waals surface area contributed by atoms with Crippen LogP contribution in [0.5, 0.6) is 0 Å². The summed E-state index contributed by atoms with van der Waals surface area (Å²) in [5.74, 6) is 0.984. The van der Waals surface area contributed by atoms with E-state index in [0.29, 0.717) is 0 Å². The van der Waals surface area contributed by atoms with Crippen LogP contribution in [0.4, 0.5) is 11.5 Å². The zero-order chi connectivity index (χ0) is 18.1. The molecule has 0 aliphatic carbocycles. The predicted octanol–water partition coefficient (Wildman–Crippen LogP) is 1.46. The van der Waals surface area contributed by atoms with Crippen LogP contribution in [-0.2, 0) is 9.47 Å². The van der Waals surface area contributed by atoms with Crippen molar-refractivity contribution in [3.05, 3.63) is 36.8 Å². The summed E-state index contributed by atoms with van der Waals surface area (Å²) in [7, 11) is 0. The van der Waals surface area contributed by atoms with Crippen molar-refractivity contribution in [2.45, 2.75) is 0 Å². The Bertz CT molecular complexity index is 914. The van der Waals surface area contributed by atoms with E-state index in [9.17, 15) is 0 Å². The van der Waals surface area contributed by atoms with Gasteiger partial charge in [-0.05, 0) is 18.2 Å². The van der Waals surface area contributed by atoms with Gasteiger partial charge in [-0.2, -0.15) is 5.10 Å². The van der Waals surface area contributed by atoms with Crippen LogP contribution in [0.3, 0.4) is 0 Å². The van der Waals surface area contributed by atoms with Gasteiger partial charge in [0.1, 0.15) is 5.82 Å². The van der Waals surface area contributed by atoms with E-state index in [4.69, 9.17) is 9.47 Å². The van der Waals surface area contributed by atoms with Crippen molar-refractivity contribution < 1.29 is 9.47 Å². The maximum absolute atomic E-state index is 5.46. The minimum absolute atomic E-state index is 0.745. The second-order valence-electron chi connectivity index (χ2n) is 6.70. The summed E-state index contributed by atoms with van der Waals surface area (Å²) in [4.78, 5) is 13.8. The highest BCUT2D eigenvalue weighted by atomic mass is 16.5. The molecule has 0 amide bonds. The van der Waals surface area contributed by atoms with Gasteiger partial charge in [0.15, 0.2) is 5.65 Å². The van der Waals surface area contributed by atoms with Gasteiger partial charge in [0.25, 0.3) is 0 Å². The number of hydrogen-bond donors (Lipinski definition) is 0. The highest BCUT2D eigenvalue weighted by molar-refractivity contribution is 5.73. The number of rotatable bonds is 3. The molecule has 0 unspecified atom stereocenters. The summed E-state index contributed by atoms with van der Waals surface area (Å²) in [6.07, 6.45) is 5.60. The molecule has 2 saturated heterocycles. The van der Waals surface area contributed by atoms with Crippen LogP contribution >= 0.6 is 0 Å². The first-order valence-electron chi connectivity index (χ1n) is 9.35. The van der Waals surface area contributed by atoms with Crippen molar-refractivity contribution >= 4 is 17.2 Å². The molecule has 0 aromatic carbocycles. The lowest BCUT2D eigenvalue weighted by Gasteiger charge is -2.28. The van der Waals surface area contributed by atoms with E-state index in [1.54, 1.807) is 0 Å². The normalized spacial score (nSPS) is 18.2. The average Bonchev–Trinajstić information content (AvgIpc) is 3.19. The maximum Gasteiger partial charge on any atom is 0.177 e. The molecule has 0 spiro atoms. The van der Waals surface area contributed by atoms with Gasteiger partial charge < -0.3 is 19.3 Å². The first-order chi connectivity index (χ1) is 13.4. The molecule has 5 rings (SSSR count). The van der Waals surface area contributed by atoms with E-state index in [2.05, 4.69) is 37.0 Å². The lowest BCUT2D eigenvalue weighted by molar-refractivity contribution is 0.122.